The van der Waals surface area contributed by atoms with Crippen LogP contribution in [0.2, 0.25) is 0 Å². The van der Waals surface area contributed by atoms with E-state index in [4.69, 9.17) is 4.74 Å². The second-order valence-electron chi connectivity index (χ2n) is 9.96. The zero-order chi connectivity index (χ0) is 25.6. The third kappa shape index (κ3) is 3.68. The van der Waals surface area contributed by atoms with E-state index in [9.17, 15) is 0 Å². The van der Waals surface area contributed by atoms with Crippen LogP contribution < -0.4 is 4.74 Å². The van der Waals surface area contributed by atoms with Gasteiger partial charge in [-0.3, -0.25) is 0 Å². The van der Waals surface area contributed by atoms with Crippen LogP contribution in [0.4, 0.5) is 5.82 Å². The number of pyridine rings is 1. The second-order valence-corrected chi connectivity index (χ2v) is 9.96. The molecule has 37 heavy (non-hydrogen) atoms. The smallest absolute Gasteiger partial charge is 0.327 e. The monoisotopic (exact) mass is 484 g/mol. The number of methoxy groups -OCH3 is 1. The molecule has 0 fully saturated rings. The number of nitrogens with zero attached hydrogens (tertiary/aromatic N) is 3. The van der Waals surface area contributed by atoms with Crippen LogP contribution in [0.1, 0.15) is 25.0 Å². The molecule has 0 saturated carbocycles. The SMILES string of the molecule is COc1ccc(-c2c(C=CC3=[N+](C)c4ncccc4C3(C)C)c3ccccc3n2-c2ccccc2)cc1. The van der Waals surface area contributed by atoms with Gasteiger partial charge >= 0.3 is 5.82 Å². The van der Waals surface area contributed by atoms with Crippen molar-refractivity contribution in [1.82, 2.24) is 9.55 Å². The third-order valence-electron chi connectivity index (χ3n) is 7.48. The fourth-order valence-electron chi connectivity index (χ4n) is 5.62. The molecule has 3 heterocycles. The van der Waals surface area contributed by atoms with Crippen LogP contribution in [0, 0.1) is 0 Å². The maximum atomic E-state index is 5.45. The standard InChI is InChI=1S/C33H30N3O/c1-33(2)28-14-10-22-34-32(28)35(3)30(33)21-20-27-26-13-8-9-15-29(26)36(24-11-6-5-7-12-24)31(27)23-16-18-25(37-4)19-17-23/h5-22H,1-4H3/q+1. The number of hydrogen-bond donors (Lipinski definition) is 0. The summed E-state index contributed by atoms with van der Waals surface area (Å²) in [5, 5.41) is 1.21. The Hall–Kier alpha value is -4.44. The summed E-state index contributed by atoms with van der Waals surface area (Å²) >= 11 is 0. The maximum Gasteiger partial charge on any atom is 0.327 e. The van der Waals surface area contributed by atoms with Crippen molar-refractivity contribution in [2.45, 2.75) is 19.3 Å². The Balaban J connectivity index is 1.61. The van der Waals surface area contributed by atoms with Crippen molar-refractivity contribution in [3.8, 4) is 22.7 Å². The van der Waals surface area contributed by atoms with Gasteiger partial charge in [0.25, 0.3) is 0 Å². The molecule has 4 nitrogen and oxygen atoms in total. The number of hydrogen-bond acceptors (Lipinski definition) is 2. The summed E-state index contributed by atoms with van der Waals surface area (Å²) in [6.45, 7) is 4.54. The Morgan fingerprint density at radius 2 is 1.57 bits per heavy atom. The first-order valence-corrected chi connectivity index (χ1v) is 12.6. The average molecular weight is 485 g/mol. The molecular weight excluding hydrogens is 454 g/mol. The van der Waals surface area contributed by atoms with E-state index < -0.39 is 0 Å². The summed E-state index contributed by atoms with van der Waals surface area (Å²) in [6, 6.07) is 31.8. The fourth-order valence-corrected chi connectivity index (χ4v) is 5.62. The lowest BCUT2D eigenvalue weighted by atomic mass is 9.82. The normalized spacial score (nSPS) is 14.5. The first-order valence-electron chi connectivity index (χ1n) is 12.6. The summed E-state index contributed by atoms with van der Waals surface area (Å²) < 4.78 is 10.0. The lowest BCUT2D eigenvalue weighted by Gasteiger charge is -2.17. The molecule has 5 aromatic rings. The van der Waals surface area contributed by atoms with Gasteiger partial charge in [0.2, 0.25) is 0 Å². The first kappa shape index (κ1) is 23.0. The van der Waals surface area contributed by atoms with Gasteiger partial charge in [-0.25, -0.2) is 4.58 Å². The number of aromatic nitrogens is 2. The van der Waals surface area contributed by atoms with E-state index in [-0.39, 0.29) is 5.41 Å². The van der Waals surface area contributed by atoms with Gasteiger partial charge in [0.1, 0.15) is 17.7 Å². The van der Waals surface area contributed by atoms with Crippen molar-refractivity contribution in [3.63, 3.8) is 0 Å². The van der Waals surface area contributed by atoms with E-state index in [0.717, 1.165) is 28.5 Å². The van der Waals surface area contributed by atoms with Crippen LogP contribution >= 0.6 is 0 Å². The third-order valence-corrected chi connectivity index (χ3v) is 7.48. The highest BCUT2D eigenvalue weighted by Gasteiger charge is 2.41. The van der Waals surface area contributed by atoms with E-state index in [1.54, 1.807) is 7.11 Å². The Bertz CT molecular complexity index is 1670. The van der Waals surface area contributed by atoms with Crippen molar-refractivity contribution in [2.24, 2.45) is 0 Å². The summed E-state index contributed by atoms with van der Waals surface area (Å²) in [4.78, 5) is 4.67. The molecule has 0 saturated heterocycles. The van der Waals surface area contributed by atoms with Crippen LogP contribution in [0.25, 0.3) is 33.9 Å². The quantitative estimate of drug-likeness (QED) is 0.243. The highest BCUT2D eigenvalue weighted by Crippen LogP contribution is 2.40. The fraction of sp³-hybridized carbons (Fsp3) is 0.152. The Kier molecular flexibility index (Phi) is 5.53. The molecule has 3 aromatic carbocycles. The van der Waals surface area contributed by atoms with Gasteiger partial charge in [-0.1, -0.05) is 36.4 Å². The summed E-state index contributed by atoms with van der Waals surface area (Å²) in [5.41, 5.74) is 8.10. The van der Waals surface area contributed by atoms with E-state index in [0.29, 0.717) is 0 Å². The van der Waals surface area contributed by atoms with Gasteiger partial charge in [0.15, 0.2) is 0 Å². The number of ether oxygens (including phenoxy) is 1. The minimum Gasteiger partial charge on any atom is -0.497 e. The van der Waals surface area contributed by atoms with Crippen LogP contribution in [0.15, 0.2) is 103 Å². The molecule has 0 radical (unpaired) electrons. The summed E-state index contributed by atoms with van der Waals surface area (Å²) in [5.74, 6) is 1.87. The highest BCUT2D eigenvalue weighted by molar-refractivity contribution is 6.08. The van der Waals surface area contributed by atoms with Gasteiger partial charge in [-0.15, -0.1) is 0 Å². The van der Waals surface area contributed by atoms with E-state index >= 15 is 0 Å². The van der Waals surface area contributed by atoms with Gasteiger partial charge in [0.05, 0.1) is 36.3 Å². The second kappa shape index (κ2) is 8.90. The van der Waals surface area contributed by atoms with Gasteiger partial charge in [0, 0.05) is 16.6 Å². The van der Waals surface area contributed by atoms with Crippen LogP contribution in [0.3, 0.4) is 0 Å². The average Bonchev–Trinajstić information content (AvgIpc) is 3.37. The maximum absolute atomic E-state index is 5.45. The zero-order valence-electron chi connectivity index (χ0n) is 21.6. The van der Waals surface area contributed by atoms with Crippen LogP contribution in [-0.2, 0) is 5.41 Å². The lowest BCUT2D eigenvalue weighted by Crippen LogP contribution is -2.26. The molecule has 0 unspecified atom stereocenters. The number of allylic oxidation sites excluding steroid dienone is 1. The lowest BCUT2D eigenvalue weighted by molar-refractivity contribution is -0.405. The number of benzene rings is 3. The van der Waals surface area contributed by atoms with Crippen LogP contribution in [0.5, 0.6) is 5.75 Å². The number of rotatable bonds is 5. The van der Waals surface area contributed by atoms with E-state index in [1.807, 2.05) is 24.4 Å². The Morgan fingerprint density at radius 3 is 2.30 bits per heavy atom. The van der Waals surface area contributed by atoms with Gasteiger partial charge in [-0.05, 0) is 91.1 Å². The molecule has 0 N–H and O–H groups in total. The van der Waals surface area contributed by atoms with E-state index in [2.05, 4.69) is 120 Å². The largest absolute Gasteiger partial charge is 0.497 e. The molecule has 6 rings (SSSR count). The van der Waals surface area contributed by atoms with Crippen molar-refractivity contribution >= 4 is 28.5 Å². The molecule has 0 spiro atoms. The molecular formula is C33H30N3O+. The minimum absolute atomic E-state index is 0.146. The molecule has 0 aliphatic carbocycles. The minimum atomic E-state index is -0.146. The predicted octanol–water partition coefficient (Wildman–Crippen LogP) is 7.42. The molecule has 182 valence electrons. The van der Waals surface area contributed by atoms with Crippen molar-refractivity contribution in [3.05, 3.63) is 114 Å². The Morgan fingerprint density at radius 1 is 0.838 bits per heavy atom. The van der Waals surface area contributed by atoms with Crippen molar-refractivity contribution < 1.29 is 9.31 Å². The van der Waals surface area contributed by atoms with Crippen molar-refractivity contribution in [1.29, 1.82) is 0 Å². The number of fused-ring (bicyclic) bond motifs is 2. The topological polar surface area (TPSA) is 30.1 Å². The molecule has 1 aliphatic heterocycles. The number of para-hydroxylation sites is 2. The van der Waals surface area contributed by atoms with Crippen LogP contribution in [-0.4, -0.2) is 34.0 Å². The molecule has 0 atom stereocenters. The van der Waals surface area contributed by atoms with Gasteiger partial charge < -0.3 is 9.30 Å². The molecule has 0 bridgehead atoms. The van der Waals surface area contributed by atoms with Gasteiger partial charge in [-0.2, -0.15) is 0 Å². The first-order chi connectivity index (χ1) is 18.0. The zero-order valence-corrected chi connectivity index (χ0v) is 21.6. The molecule has 2 aromatic heterocycles. The predicted molar refractivity (Wildman–Crippen MR) is 152 cm³/mol. The molecule has 1 aliphatic rings. The Labute approximate surface area is 217 Å². The van der Waals surface area contributed by atoms with E-state index in [1.165, 1.54) is 27.7 Å². The summed E-state index contributed by atoms with van der Waals surface area (Å²) in [6.07, 6.45) is 6.42. The highest BCUT2D eigenvalue weighted by atomic mass is 16.5. The molecule has 0 amide bonds. The summed E-state index contributed by atoms with van der Waals surface area (Å²) in [7, 11) is 3.81. The molecule has 4 heteroatoms. The van der Waals surface area contributed by atoms with Crippen molar-refractivity contribution in [2.75, 3.05) is 14.2 Å².